The molecule has 4 aromatic rings. The molecule has 1 saturated heterocycles. The number of carbonyl (C=O) groups is 2. The van der Waals surface area contributed by atoms with Gasteiger partial charge in [-0.25, -0.2) is 4.79 Å². The Hall–Kier alpha value is -4.24. The Balaban J connectivity index is 1.29. The van der Waals surface area contributed by atoms with Crippen LogP contribution in [0.3, 0.4) is 0 Å². The second-order valence-corrected chi connectivity index (χ2v) is 10.1. The van der Waals surface area contributed by atoms with Crippen molar-refractivity contribution in [3.8, 4) is 5.69 Å². The van der Waals surface area contributed by atoms with Crippen LogP contribution < -0.4 is 16.2 Å². The van der Waals surface area contributed by atoms with E-state index in [0.717, 1.165) is 22.3 Å². The third-order valence-corrected chi connectivity index (χ3v) is 7.15. The van der Waals surface area contributed by atoms with Crippen molar-refractivity contribution in [2.24, 2.45) is 5.92 Å². The second-order valence-electron chi connectivity index (χ2n) is 9.66. The molecule has 9 nitrogen and oxygen atoms in total. The molecule has 0 bridgehead atoms. The maximum Gasteiger partial charge on any atom is 0.319 e. The molecule has 3 heterocycles. The number of aromatic nitrogens is 2. The van der Waals surface area contributed by atoms with Crippen LogP contribution in [-0.2, 0) is 0 Å². The average Bonchev–Trinajstić information content (AvgIpc) is 3.50. The molecule has 10 heteroatoms. The zero-order valence-corrected chi connectivity index (χ0v) is 21.9. The molecule has 2 aromatic heterocycles. The fourth-order valence-electron chi connectivity index (χ4n) is 4.79. The highest BCUT2D eigenvalue weighted by molar-refractivity contribution is 6.35. The van der Waals surface area contributed by atoms with E-state index < -0.39 is 0 Å². The van der Waals surface area contributed by atoms with Crippen molar-refractivity contribution in [1.29, 1.82) is 0 Å². The van der Waals surface area contributed by atoms with Gasteiger partial charge in [0.15, 0.2) is 0 Å². The van der Waals surface area contributed by atoms with Crippen molar-refractivity contribution in [2.45, 2.75) is 6.04 Å². The van der Waals surface area contributed by atoms with Crippen LogP contribution in [0.4, 0.5) is 10.5 Å². The Labute approximate surface area is 225 Å². The number of fused-ring (bicyclic) bond motifs is 1. The monoisotopic (exact) mass is 532 g/mol. The summed E-state index contributed by atoms with van der Waals surface area (Å²) in [5.74, 6) is -0.215. The van der Waals surface area contributed by atoms with Gasteiger partial charge in [0.25, 0.3) is 11.5 Å². The van der Waals surface area contributed by atoms with E-state index in [1.54, 1.807) is 59.1 Å². The maximum absolute atomic E-state index is 13.2. The number of hydrogen-bond donors (Lipinski definition) is 3. The lowest BCUT2D eigenvalue weighted by Gasteiger charge is -2.21. The molecule has 3 amide bonds. The van der Waals surface area contributed by atoms with Crippen molar-refractivity contribution < 1.29 is 9.59 Å². The van der Waals surface area contributed by atoms with Gasteiger partial charge < -0.3 is 25.4 Å². The Morgan fingerprint density at radius 1 is 1.08 bits per heavy atom. The molecule has 0 saturated carbocycles. The number of hydrogen-bond acceptors (Lipinski definition) is 4. The van der Waals surface area contributed by atoms with Gasteiger partial charge in [0.1, 0.15) is 0 Å². The summed E-state index contributed by atoms with van der Waals surface area (Å²) in [5, 5.41) is 8.03. The highest BCUT2D eigenvalue weighted by Crippen LogP contribution is 2.25. The molecule has 3 N–H and O–H groups in total. The summed E-state index contributed by atoms with van der Waals surface area (Å²) in [5.41, 5.74) is 2.87. The summed E-state index contributed by atoms with van der Waals surface area (Å²) in [6.07, 6.45) is 3.43. The van der Waals surface area contributed by atoms with Gasteiger partial charge in [0.05, 0.1) is 11.1 Å². The SMILES string of the molecule is CN(C)C(=O)N1C[C@H](CNc2ccc(-n3ccccc3=O)cc2)[C@@H](NC(=O)c2ccc3c(Cl)c[nH]c3c2)C1. The number of nitrogens with one attached hydrogen (secondary N) is 3. The number of pyridine rings is 1. The molecule has 0 aliphatic carbocycles. The predicted octanol–water partition coefficient (Wildman–Crippen LogP) is 3.80. The lowest BCUT2D eigenvalue weighted by atomic mass is 10.0. The van der Waals surface area contributed by atoms with Gasteiger partial charge in [-0.1, -0.05) is 23.7 Å². The molecule has 2 atom stereocenters. The van der Waals surface area contributed by atoms with Crippen LogP contribution in [0.2, 0.25) is 5.02 Å². The molecule has 38 heavy (non-hydrogen) atoms. The molecule has 0 radical (unpaired) electrons. The number of amides is 3. The van der Waals surface area contributed by atoms with E-state index >= 15 is 0 Å². The summed E-state index contributed by atoms with van der Waals surface area (Å²) in [7, 11) is 3.44. The van der Waals surface area contributed by atoms with E-state index in [4.69, 9.17) is 11.6 Å². The molecule has 0 unspecified atom stereocenters. The number of aromatic amines is 1. The molecule has 1 aliphatic rings. The molecule has 196 valence electrons. The molecule has 5 rings (SSSR count). The molecule has 1 fully saturated rings. The third-order valence-electron chi connectivity index (χ3n) is 6.84. The number of nitrogens with zero attached hydrogens (tertiary/aromatic N) is 3. The molecule has 2 aromatic carbocycles. The van der Waals surface area contributed by atoms with Crippen molar-refractivity contribution in [2.75, 3.05) is 39.0 Å². The first-order valence-corrected chi connectivity index (χ1v) is 12.7. The minimum absolute atomic E-state index is 0.0112. The van der Waals surface area contributed by atoms with Crippen molar-refractivity contribution in [3.63, 3.8) is 0 Å². The first-order chi connectivity index (χ1) is 18.3. The number of anilines is 1. The summed E-state index contributed by atoms with van der Waals surface area (Å²) in [6, 6.07) is 17.7. The Morgan fingerprint density at radius 3 is 2.61 bits per heavy atom. The highest BCUT2D eigenvalue weighted by Gasteiger charge is 2.36. The second kappa shape index (κ2) is 10.6. The third kappa shape index (κ3) is 5.24. The minimum atomic E-state index is -0.232. The fraction of sp³-hybridized carbons (Fsp3) is 0.250. The van der Waals surface area contributed by atoms with Crippen LogP contribution in [0.5, 0.6) is 0 Å². The van der Waals surface area contributed by atoms with Gasteiger partial charge in [0.2, 0.25) is 0 Å². The van der Waals surface area contributed by atoms with E-state index in [1.807, 2.05) is 36.4 Å². The largest absolute Gasteiger partial charge is 0.385 e. The average molecular weight is 533 g/mol. The molecular formula is C28H29ClN6O3. The molecule has 1 aliphatic heterocycles. The molecule has 0 spiro atoms. The normalized spacial score (nSPS) is 17.0. The number of benzene rings is 2. The van der Waals surface area contributed by atoms with Gasteiger partial charge in [0, 0.05) is 85.9 Å². The maximum atomic E-state index is 13.2. The Kier molecular flexibility index (Phi) is 7.11. The zero-order chi connectivity index (χ0) is 26.8. The smallest absolute Gasteiger partial charge is 0.319 e. The van der Waals surface area contributed by atoms with Crippen molar-refractivity contribution in [1.82, 2.24) is 24.7 Å². The number of halogens is 1. The van der Waals surface area contributed by atoms with Gasteiger partial charge in [-0.3, -0.25) is 14.2 Å². The van der Waals surface area contributed by atoms with Crippen LogP contribution >= 0.6 is 11.6 Å². The summed E-state index contributed by atoms with van der Waals surface area (Å²) < 4.78 is 1.58. The highest BCUT2D eigenvalue weighted by atomic mass is 35.5. The standard InChI is InChI=1S/C28H29ClN6O3/c1-33(2)28(38)34-16-19(14-30-20-7-9-21(10-8-20)35-12-4-3-5-26(35)36)25(17-34)32-27(37)18-6-11-22-23(29)15-31-24(22)13-18/h3-13,15,19,25,30-31H,14,16-17H2,1-2H3,(H,32,37)/t19-,25-/m0/s1. The fourth-order valence-corrected chi connectivity index (χ4v) is 5.01. The lowest BCUT2D eigenvalue weighted by Crippen LogP contribution is -2.43. The van der Waals surface area contributed by atoms with Gasteiger partial charge in [-0.2, -0.15) is 0 Å². The summed E-state index contributed by atoms with van der Waals surface area (Å²) in [4.78, 5) is 44.3. The number of rotatable bonds is 6. The van der Waals surface area contributed by atoms with E-state index in [2.05, 4.69) is 15.6 Å². The summed E-state index contributed by atoms with van der Waals surface area (Å²) >= 11 is 6.17. The number of H-pyrrole nitrogens is 1. The van der Waals surface area contributed by atoms with Gasteiger partial charge >= 0.3 is 6.03 Å². The van der Waals surface area contributed by atoms with E-state index in [9.17, 15) is 14.4 Å². The van der Waals surface area contributed by atoms with Crippen LogP contribution in [0, 0.1) is 5.92 Å². The van der Waals surface area contributed by atoms with Crippen molar-refractivity contribution in [3.05, 3.63) is 94.0 Å². The number of urea groups is 1. The zero-order valence-electron chi connectivity index (χ0n) is 21.1. The Bertz CT molecular complexity index is 1530. The van der Waals surface area contributed by atoms with Crippen LogP contribution in [-0.4, -0.2) is 71.1 Å². The van der Waals surface area contributed by atoms with Gasteiger partial charge in [-0.05, 0) is 42.5 Å². The first-order valence-electron chi connectivity index (χ1n) is 12.4. The quantitative estimate of drug-likeness (QED) is 0.351. The van der Waals surface area contributed by atoms with E-state index in [-0.39, 0.29) is 29.5 Å². The number of likely N-dealkylation sites (tertiary alicyclic amines) is 1. The Morgan fingerprint density at radius 2 is 1.87 bits per heavy atom. The summed E-state index contributed by atoms with van der Waals surface area (Å²) in [6.45, 7) is 1.48. The van der Waals surface area contributed by atoms with Crippen LogP contribution in [0.15, 0.2) is 77.9 Å². The van der Waals surface area contributed by atoms with Gasteiger partial charge in [-0.15, -0.1) is 0 Å². The minimum Gasteiger partial charge on any atom is -0.385 e. The topological polar surface area (TPSA) is 102 Å². The first kappa shape index (κ1) is 25.4. The molecular weight excluding hydrogens is 504 g/mol. The predicted molar refractivity (Wildman–Crippen MR) is 149 cm³/mol. The number of carbonyl (C=O) groups excluding carboxylic acids is 2. The van der Waals surface area contributed by atoms with Crippen LogP contribution in [0.25, 0.3) is 16.6 Å². The van der Waals surface area contributed by atoms with E-state index in [1.165, 1.54) is 6.07 Å². The van der Waals surface area contributed by atoms with E-state index in [0.29, 0.717) is 30.2 Å². The van der Waals surface area contributed by atoms with Crippen LogP contribution in [0.1, 0.15) is 10.4 Å². The van der Waals surface area contributed by atoms with Crippen molar-refractivity contribution >= 4 is 40.1 Å². The lowest BCUT2D eigenvalue weighted by molar-refractivity contribution is 0.0930.